The minimum Gasteiger partial charge on any atom is -0.207 e. The summed E-state index contributed by atoms with van der Waals surface area (Å²) in [6, 6.07) is 1.78. The van der Waals surface area contributed by atoms with Gasteiger partial charge in [0.1, 0.15) is 5.83 Å². The molecule has 70 valence electrons. The summed E-state index contributed by atoms with van der Waals surface area (Å²) < 4.78 is 13.3. The molecule has 0 atom stereocenters. The molecule has 0 radical (unpaired) electrons. The zero-order valence-electron chi connectivity index (χ0n) is 8.26. The largest absolute Gasteiger partial charge is 0.207 e. The monoisotopic (exact) mass is 179 g/mol. The number of hydrogen-bond acceptors (Lipinski definition) is 1. The molecule has 0 spiro atoms. The molecule has 0 fully saturated rings. The molecular weight excluding hydrogens is 165 g/mol. The Morgan fingerprint density at radius 3 is 2.38 bits per heavy atom. The first kappa shape index (κ1) is 11.6. The molecule has 0 aromatic carbocycles. The summed E-state index contributed by atoms with van der Waals surface area (Å²) in [5.74, 6) is -0.253. The topological polar surface area (TPSA) is 23.8 Å². The zero-order valence-corrected chi connectivity index (χ0v) is 8.26. The molecule has 0 unspecified atom stereocenters. The van der Waals surface area contributed by atoms with Crippen molar-refractivity contribution in [1.82, 2.24) is 0 Å². The van der Waals surface area contributed by atoms with E-state index in [4.69, 9.17) is 5.26 Å². The van der Waals surface area contributed by atoms with E-state index in [1.165, 1.54) is 0 Å². The van der Waals surface area contributed by atoms with Crippen molar-refractivity contribution in [3.05, 3.63) is 35.7 Å². The van der Waals surface area contributed by atoms with Crippen LogP contribution in [0.5, 0.6) is 0 Å². The highest BCUT2D eigenvalue weighted by molar-refractivity contribution is 5.38. The van der Waals surface area contributed by atoms with Crippen LogP contribution in [-0.2, 0) is 0 Å². The molecule has 0 amide bonds. The van der Waals surface area contributed by atoms with Crippen LogP contribution in [0, 0.1) is 17.2 Å². The fourth-order valence-electron chi connectivity index (χ4n) is 1.02. The molecule has 0 aliphatic rings. The lowest BCUT2D eigenvalue weighted by Gasteiger charge is -2.07. The predicted molar refractivity (Wildman–Crippen MR) is 52.5 cm³/mol. The van der Waals surface area contributed by atoms with Gasteiger partial charge in [0.15, 0.2) is 0 Å². The molecule has 0 aromatic heterocycles. The summed E-state index contributed by atoms with van der Waals surface area (Å²) in [7, 11) is 0. The van der Waals surface area contributed by atoms with E-state index in [1.54, 1.807) is 19.1 Å². The van der Waals surface area contributed by atoms with Crippen molar-refractivity contribution in [3.63, 3.8) is 0 Å². The zero-order chi connectivity index (χ0) is 10.4. The van der Waals surface area contributed by atoms with E-state index >= 15 is 0 Å². The Labute approximate surface area is 78.9 Å². The predicted octanol–water partition coefficient (Wildman–Crippen LogP) is 3.52. The van der Waals surface area contributed by atoms with E-state index in [9.17, 15) is 4.39 Å². The number of rotatable bonds is 3. The third-order valence-corrected chi connectivity index (χ3v) is 1.65. The molecule has 0 aliphatic heterocycles. The van der Waals surface area contributed by atoms with Gasteiger partial charge in [0, 0.05) is 5.57 Å². The molecule has 0 rings (SSSR count). The van der Waals surface area contributed by atoms with Gasteiger partial charge in [0.25, 0.3) is 0 Å². The average molecular weight is 179 g/mol. The number of hydrogen-bond donors (Lipinski definition) is 0. The summed E-state index contributed by atoms with van der Waals surface area (Å²) in [5.41, 5.74) is 0.744. The Kier molecular flexibility index (Phi) is 4.76. The van der Waals surface area contributed by atoms with Gasteiger partial charge >= 0.3 is 0 Å². The van der Waals surface area contributed by atoms with Crippen LogP contribution in [0.3, 0.4) is 0 Å². The summed E-state index contributed by atoms with van der Waals surface area (Å²) in [5, 5.41) is 8.40. The molecule has 0 saturated carbocycles. The second kappa shape index (κ2) is 5.31. The van der Waals surface area contributed by atoms with Gasteiger partial charge in [-0.25, -0.2) is 4.39 Å². The van der Waals surface area contributed by atoms with Gasteiger partial charge in [-0.15, -0.1) is 0 Å². The second-order valence-electron chi connectivity index (χ2n) is 3.03. The quantitative estimate of drug-likeness (QED) is 0.480. The van der Waals surface area contributed by atoms with Gasteiger partial charge in [-0.2, -0.15) is 5.26 Å². The van der Waals surface area contributed by atoms with E-state index in [0.717, 1.165) is 6.08 Å². The molecule has 1 nitrogen and oxygen atoms in total. The Morgan fingerprint density at radius 2 is 2.08 bits per heavy atom. The van der Waals surface area contributed by atoms with Crippen molar-refractivity contribution in [3.8, 4) is 6.07 Å². The number of nitrogens with zero attached hydrogens (tertiary/aromatic N) is 1. The van der Waals surface area contributed by atoms with Gasteiger partial charge in [-0.05, 0) is 24.5 Å². The van der Waals surface area contributed by atoms with Gasteiger partial charge in [0.2, 0.25) is 0 Å². The lowest BCUT2D eigenvalue weighted by atomic mass is 10.0. The summed E-state index contributed by atoms with van der Waals surface area (Å²) in [6.45, 7) is 8.96. The summed E-state index contributed by atoms with van der Waals surface area (Å²) >= 11 is 0. The van der Waals surface area contributed by atoms with E-state index < -0.39 is 0 Å². The average Bonchev–Trinajstić information content (AvgIpc) is 2.04. The summed E-state index contributed by atoms with van der Waals surface area (Å²) in [4.78, 5) is 0. The molecule has 0 N–H and O–H groups in total. The molecule has 0 saturated heterocycles. The standard InChI is InChI=1S/C11H14FN/c1-5-10(8(2)3)11(12)6-9(4)7-13/h5-6,8H,4H2,1-3H3/b10-5-,11-6+. The first-order valence-electron chi connectivity index (χ1n) is 4.15. The Bertz CT molecular complexity index is 290. The van der Waals surface area contributed by atoms with Crippen molar-refractivity contribution in [2.75, 3.05) is 0 Å². The van der Waals surface area contributed by atoms with E-state index in [-0.39, 0.29) is 17.3 Å². The smallest absolute Gasteiger partial charge is 0.127 e. The number of allylic oxidation sites excluding steroid dienone is 5. The van der Waals surface area contributed by atoms with E-state index in [1.807, 2.05) is 13.8 Å². The van der Waals surface area contributed by atoms with Crippen molar-refractivity contribution in [2.24, 2.45) is 5.92 Å². The highest BCUT2D eigenvalue weighted by atomic mass is 19.1. The van der Waals surface area contributed by atoms with Crippen LogP contribution in [-0.4, -0.2) is 0 Å². The lowest BCUT2D eigenvalue weighted by molar-refractivity contribution is 0.607. The number of nitriles is 1. The fourth-order valence-corrected chi connectivity index (χ4v) is 1.02. The van der Waals surface area contributed by atoms with Crippen LogP contribution in [0.15, 0.2) is 35.7 Å². The van der Waals surface area contributed by atoms with E-state index in [2.05, 4.69) is 6.58 Å². The third kappa shape index (κ3) is 3.71. The van der Waals surface area contributed by atoms with Crippen LogP contribution in [0.4, 0.5) is 4.39 Å². The first-order chi connectivity index (χ1) is 6.02. The van der Waals surface area contributed by atoms with Crippen LogP contribution >= 0.6 is 0 Å². The lowest BCUT2D eigenvalue weighted by Crippen LogP contribution is -1.94. The number of halogens is 1. The Balaban J connectivity index is 4.79. The maximum atomic E-state index is 13.3. The molecule has 13 heavy (non-hydrogen) atoms. The van der Waals surface area contributed by atoms with Gasteiger partial charge in [0.05, 0.1) is 6.07 Å². The van der Waals surface area contributed by atoms with Crippen LogP contribution < -0.4 is 0 Å². The van der Waals surface area contributed by atoms with Crippen LogP contribution in [0.25, 0.3) is 0 Å². The van der Waals surface area contributed by atoms with Crippen LogP contribution in [0.1, 0.15) is 20.8 Å². The van der Waals surface area contributed by atoms with Gasteiger partial charge in [-0.1, -0.05) is 26.5 Å². The summed E-state index contributed by atoms with van der Waals surface area (Å²) in [6.07, 6.45) is 2.87. The van der Waals surface area contributed by atoms with Crippen molar-refractivity contribution in [2.45, 2.75) is 20.8 Å². The maximum Gasteiger partial charge on any atom is 0.127 e. The maximum absolute atomic E-state index is 13.3. The molecule has 0 bridgehead atoms. The minimum absolute atomic E-state index is 0.118. The minimum atomic E-state index is -0.371. The molecular formula is C11H14FN. The third-order valence-electron chi connectivity index (χ3n) is 1.65. The molecule has 0 aliphatic carbocycles. The normalized spacial score (nSPS) is 12.9. The first-order valence-corrected chi connectivity index (χ1v) is 4.15. The SMILES string of the molecule is C=C(C#N)/C=C(F)\C(=C/C)C(C)C. The van der Waals surface area contributed by atoms with Crippen molar-refractivity contribution in [1.29, 1.82) is 5.26 Å². The Hall–Kier alpha value is -1.36. The van der Waals surface area contributed by atoms with Crippen molar-refractivity contribution >= 4 is 0 Å². The van der Waals surface area contributed by atoms with Crippen LogP contribution in [0.2, 0.25) is 0 Å². The molecule has 2 heteroatoms. The highest BCUT2D eigenvalue weighted by Gasteiger charge is 2.07. The molecule has 0 aromatic rings. The second-order valence-corrected chi connectivity index (χ2v) is 3.03. The Morgan fingerprint density at radius 1 is 1.54 bits per heavy atom. The highest BCUT2D eigenvalue weighted by Crippen LogP contribution is 2.21. The van der Waals surface area contributed by atoms with Gasteiger partial charge < -0.3 is 0 Å². The van der Waals surface area contributed by atoms with E-state index in [0.29, 0.717) is 5.57 Å². The van der Waals surface area contributed by atoms with Gasteiger partial charge in [-0.3, -0.25) is 0 Å². The fraction of sp³-hybridized carbons (Fsp3) is 0.364. The van der Waals surface area contributed by atoms with Crippen molar-refractivity contribution < 1.29 is 4.39 Å². The molecule has 0 heterocycles.